The molecule has 2 heterocycles. The molecule has 0 radical (unpaired) electrons. The van der Waals surface area contributed by atoms with Crippen molar-refractivity contribution in [2.45, 2.75) is 16.6 Å². The molecule has 2 aromatic heterocycles. The van der Waals surface area contributed by atoms with Crippen molar-refractivity contribution in [2.75, 3.05) is 5.32 Å². The number of carbonyl (C=O) groups is 1. The minimum Gasteiger partial charge on any atom is -0.325 e. The average Bonchev–Trinajstić information content (AvgIpc) is 3.09. The topological polar surface area (TPSA) is 83.6 Å². The molecule has 0 saturated carbocycles. The van der Waals surface area contributed by atoms with E-state index in [0.29, 0.717) is 5.56 Å². The number of anilines is 1. The molecule has 2 N–H and O–H groups in total. The van der Waals surface area contributed by atoms with Crippen molar-refractivity contribution in [1.82, 2.24) is 20.2 Å². The smallest absolute Gasteiger partial charge is 0.325 e. The first kappa shape index (κ1) is 17.9. The third-order valence-corrected chi connectivity index (χ3v) is 4.33. The standard InChI is InChI=1S/C16H12F3N5OS/c17-16(18,19)12(14(25)21-11-6-2-1-3-7-11)26-15-22-13(23-24-15)10-5-4-8-20-9-10/h1-9,12H,(H,21,25)(H,22,23,24). The molecule has 1 aromatic carbocycles. The number of carbonyl (C=O) groups excluding carboxylic acids is 1. The molecule has 1 atom stereocenters. The molecular formula is C16H12F3N5OS. The summed E-state index contributed by atoms with van der Waals surface area (Å²) in [4.78, 5) is 18.7. The minimum absolute atomic E-state index is 0.116. The van der Waals surface area contributed by atoms with E-state index in [4.69, 9.17) is 0 Å². The Balaban J connectivity index is 1.77. The van der Waals surface area contributed by atoms with E-state index in [1.165, 1.54) is 18.3 Å². The van der Waals surface area contributed by atoms with Crippen molar-refractivity contribution < 1.29 is 18.0 Å². The summed E-state index contributed by atoms with van der Waals surface area (Å²) in [6, 6.07) is 11.3. The van der Waals surface area contributed by atoms with E-state index in [1.54, 1.807) is 36.5 Å². The highest BCUT2D eigenvalue weighted by molar-refractivity contribution is 8.00. The van der Waals surface area contributed by atoms with Crippen LogP contribution in [0.15, 0.2) is 60.0 Å². The first-order valence-corrected chi connectivity index (χ1v) is 8.24. The third kappa shape index (κ3) is 4.39. The first-order chi connectivity index (χ1) is 12.4. The molecule has 10 heteroatoms. The summed E-state index contributed by atoms with van der Waals surface area (Å²) in [5.74, 6) is -0.919. The Bertz CT molecular complexity index is 870. The molecule has 0 aliphatic heterocycles. The molecule has 0 aliphatic rings. The molecule has 0 spiro atoms. The number of benzene rings is 1. The molecule has 0 aliphatic carbocycles. The number of nitrogens with one attached hydrogen (secondary N) is 2. The van der Waals surface area contributed by atoms with Gasteiger partial charge in [0.05, 0.1) is 0 Å². The van der Waals surface area contributed by atoms with Crippen molar-refractivity contribution in [2.24, 2.45) is 0 Å². The highest BCUT2D eigenvalue weighted by Gasteiger charge is 2.46. The van der Waals surface area contributed by atoms with Gasteiger partial charge in [-0.25, -0.2) is 0 Å². The Kier molecular flexibility index (Phi) is 5.21. The van der Waals surface area contributed by atoms with Crippen LogP contribution in [0.5, 0.6) is 0 Å². The molecule has 0 saturated heterocycles. The zero-order chi connectivity index (χ0) is 18.6. The van der Waals surface area contributed by atoms with Crippen LogP contribution in [-0.2, 0) is 4.79 Å². The number of rotatable bonds is 5. The molecule has 3 aromatic rings. The van der Waals surface area contributed by atoms with Crippen molar-refractivity contribution in [3.63, 3.8) is 0 Å². The monoisotopic (exact) mass is 379 g/mol. The number of aromatic amines is 1. The molecule has 1 amide bonds. The third-order valence-electron chi connectivity index (χ3n) is 3.21. The fraction of sp³-hybridized carbons (Fsp3) is 0.125. The van der Waals surface area contributed by atoms with E-state index in [2.05, 4.69) is 25.5 Å². The van der Waals surface area contributed by atoms with Crippen molar-refractivity contribution in [3.05, 3.63) is 54.9 Å². The van der Waals surface area contributed by atoms with Gasteiger partial charge in [0.2, 0.25) is 5.91 Å². The predicted octanol–water partition coefficient (Wildman–Crippen LogP) is 3.53. The summed E-state index contributed by atoms with van der Waals surface area (Å²) in [7, 11) is 0. The normalized spacial score (nSPS) is 12.6. The van der Waals surface area contributed by atoms with Crippen LogP contribution < -0.4 is 5.32 Å². The summed E-state index contributed by atoms with van der Waals surface area (Å²) in [6.45, 7) is 0. The number of nitrogens with zero attached hydrogens (tertiary/aromatic N) is 3. The molecule has 0 fully saturated rings. The molecular weight excluding hydrogens is 367 g/mol. The number of hydrogen-bond acceptors (Lipinski definition) is 5. The van der Waals surface area contributed by atoms with Gasteiger partial charge in [-0.15, -0.1) is 10.2 Å². The van der Waals surface area contributed by atoms with Gasteiger partial charge in [-0.2, -0.15) is 13.2 Å². The second-order valence-corrected chi connectivity index (χ2v) is 6.21. The Morgan fingerprint density at radius 3 is 2.54 bits per heavy atom. The molecule has 0 bridgehead atoms. The van der Waals surface area contributed by atoms with Gasteiger partial charge in [-0.05, 0) is 24.3 Å². The molecule has 1 unspecified atom stereocenters. The number of alkyl halides is 3. The van der Waals surface area contributed by atoms with E-state index in [0.717, 1.165) is 0 Å². The lowest BCUT2D eigenvalue weighted by molar-refractivity contribution is -0.146. The molecule has 6 nitrogen and oxygen atoms in total. The van der Waals surface area contributed by atoms with Gasteiger partial charge in [0, 0.05) is 23.6 Å². The van der Waals surface area contributed by atoms with Crippen LogP contribution in [0.25, 0.3) is 11.4 Å². The number of pyridine rings is 1. The van der Waals surface area contributed by atoms with Crippen LogP contribution in [0.2, 0.25) is 0 Å². The number of thioether (sulfide) groups is 1. The van der Waals surface area contributed by atoms with E-state index in [-0.39, 0.29) is 28.4 Å². The van der Waals surface area contributed by atoms with Crippen LogP contribution >= 0.6 is 11.8 Å². The molecule has 26 heavy (non-hydrogen) atoms. The Morgan fingerprint density at radius 2 is 1.88 bits per heavy atom. The quantitative estimate of drug-likeness (QED) is 0.663. The van der Waals surface area contributed by atoms with Gasteiger partial charge >= 0.3 is 6.18 Å². The molecule has 3 rings (SSSR count). The van der Waals surface area contributed by atoms with Crippen LogP contribution in [0.1, 0.15) is 0 Å². The lowest BCUT2D eigenvalue weighted by Crippen LogP contribution is -2.38. The fourth-order valence-electron chi connectivity index (χ4n) is 2.04. The number of halogens is 3. The molecule has 134 valence electrons. The van der Waals surface area contributed by atoms with E-state index in [1.807, 2.05) is 0 Å². The lowest BCUT2D eigenvalue weighted by atomic mass is 10.3. The second-order valence-electron chi connectivity index (χ2n) is 5.12. The maximum atomic E-state index is 13.3. The number of hydrogen-bond donors (Lipinski definition) is 2. The van der Waals surface area contributed by atoms with E-state index >= 15 is 0 Å². The van der Waals surface area contributed by atoms with Gasteiger partial charge < -0.3 is 10.3 Å². The second kappa shape index (κ2) is 7.56. The Labute approximate surface area is 150 Å². The highest BCUT2D eigenvalue weighted by atomic mass is 32.2. The van der Waals surface area contributed by atoms with Crippen molar-refractivity contribution in [1.29, 1.82) is 0 Å². The largest absolute Gasteiger partial charge is 0.409 e. The SMILES string of the molecule is O=C(Nc1ccccc1)C(Sc1nnc(-c2cccnc2)[nH]1)C(F)(F)F. The van der Waals surface area contributed by atoms with Crippen molar-refractivity contribution >= 4 is 23.4 Å². The van der Waals surface area contributed by atoms with Crippen LogP contribution in [0, 0.1) is 0 Å². The Hall–Kier alpha value is -2.88. The van der Waals surface area contributed by atoms with E-state index < -0.39 is 17.3 Å². The maximum absolute atomic E-state index is 13.3. The summed E-state index contributed by atoms with van der Waals surface area (Å²) >= 11 is 0.252. The number of aromatic nitrogens is 4. The van der Waals surface area contributed by atoms with Gasteiger partial charge in [0.1, 0.15) is 0 Å². The lowest BCUT2D eigenvalue weighted by Gasteiger charge is -2.18. The maximum Gasteiger partial charge on any atom is 0.409 e. The zero-order valence-corrected chi connectivity index (χ0v) is 13.9. The van der Waals surface area contributed by atoms with Gasteiger partial charge in [0.25, 0.3) is 0 Å². The summed E-state index contributed by atoms with van der Waals surface area (Å²) in [5, 5.41) is 7.29. The minimum atomic E-state index is -4.76. The fourth-order valence-corrected chi connectivity index (χ4v) is 2.81. The van der Waals surface area contributed by atoms with Crippen LogP contribution in [0.4, 0.5) is 18.9 Å². The average molecular weight is 379 g/mol. The highest BCUT2D eigenvalue weighted by Crippen LogP contribution is 2.35. The Morgan fingerprint density at radius 1 is 1.12 bits per heavy atom. The number of para-hydroxylation sites is 1. The van der Waals surface area contributed by atoms with Gasteiger partial charge in [0.15, 0.2) is 16.2 Å². The summed E-state index contributed by atoms with van der Waals surface area (Å²) < 4.78 is 40.0. The first-order valence-electron chi connectivity index (χ1n) is 7.36. The summed E-state index contributed by atoms with van der Waals surface area (Å²) in [5.41, 5.74) is 0.852. The van der Waals surface area contributed by atoms with Crippen molar-refractivity contribution in [3.8, 4) is 11.4 Å². The predicted molar refractivity (Wildman–Crippen MR) is 90.4 cm³/mol. The van der Waals surface area contributed by atoms with Crippen LogP contribution in [0.3, 0.4) is 0 Å². The number of H-pyrrole nitrogens is 1. The van der Waals surface area contributed by atoms with E-state index in [9.17, 15) is 18.0 Å². The van der Waals surface area contributed by atoms with Crippen LogP contribution in [-0.4, -0.2) is 37.5 Å². The van der Waals surface area contributed by atoms with Gasteiger partial charge in [-0.1, -0.05) is 30.0 Å². The van der Waals surface area contributed by atoms with Gasteiger partial charge in [-0.3, -0.25) is 9.78 Å². The zero-order valence-electron chi connectivity index (χ0n) is 13.1. The number of amides is 1. The summed E-state index contributed by atoms with van der Waals surface area (Å²) in [6.07, 6.45) is -1.70.